The summed E-state index contributed by atoms with van der Waals surface area (Å²) >= 11 is 12.2. The Labute approximate surface area is 147 Å². The first-order valence-electron chi connectivity index (χ1n) is 8.12. The van der Waals surface area contributed by atoms with Crippen LogP contribution in [0.4, 0.5) is 5.69 Å². The number of halogens is 2. The van der Waals surface area contributed by atoms with Crippen LogP contribution in [0.5, 0.6) is 0 Å². The Morgan fingerprint density at radius 2 is 1.83 bits per heavy atom. The molecule has 1 N–H and O–H groups in total. The Balaban J connectivity index is 1.64. The second kappa shape index (κ2) is 7.50. The minimum absolute atomic E-state index is 0.391. The van der Waals surface area contributed by atoms with Gasteiger partial charge in [-0.1, -0.05) is 60.0 Å². The molecular weight excluding hydrogens is 329 g/mol. The second-order valence-corrected chi connectivity index (χ2v) is 7.02. The van der Waals surface area contributed by atoms with E-state index in [4.69, 9.17) is 23.2 Å². The summed E-state index contributed by atoms with van der Waals surface area (Å²) in [7, 11) is 0. The Bertz CT molecular complexity index is 661. The Kier molecular flexibility index (Phi) is 5.39. The lowest BCUT2D eigenvalue weighted by Crippen LogP contribution is -2.22. The minimum Gasteiger partial charge on any atom is -0.382 e. The van der Waals surface area contributed by atoms with Gasteiger partial charge in [-0.05, 0) is 43.6 Å². The lowest BCUT2D eigenvalue weighted by molar-refractivity contribution is 0.334. The topological polar surface area (TPSA) is 37.8 Å². The van der Waals surface area contributed by atoms with Crippen LogP contribution in [0.25, 0.3) is 0 Å². The van der Waals surface area contributed by atoms with Crippen molar-refractivity contribution in [3.8, 4) is 0 Å². The molecule has 3 nitrogen and oxygen atoms in total. The molecule has 0 aliphatic heterocycles. The first-order valence-corrected chi connectivity index (χ1v) is 8.88. The van der Waals surface area contributed by atoms with Gasteiger partial charge in [-0.25, -0.2) is 0 Å². The number of benzene rings is 1. The summed E-state index contributed by atoms with van der Waals surface area (Å²) in [6.07, 6.45) is 5.01. The molecule has 2 aromatic rings. The molecule has 1 aromatic heterocycles. The van der Waals surface area contributed by atoms with Gasteiger partial charge >= 0.3 is 0 Å². The number of hydrogen-bond donors (Lipinski definition) is 1. The average Bonchev–Trinajstić information content (AvgIpc) is 2.59. The van der Waals surface area contributed by atoms with Crippen LogP contribution in [0.2, 0.25) is 10.3 Å². The van der Waals surface area contributed by atoms with Gasteiger partial charge in [-0.15, -0.1) is 10.2 Å². The third-order valence-electron chi connectivity index (χ3n) is 4.74. The van der Waals surface area contributed by atoms with Crippen LogP contribution in [0.1, 0.15) is 42.7 Å². The van der Waals surface area contributed by atoms with Crippen molar-refractivity contribution in [2.24, 2.45) is 5.92 Å². The van der Waals surface area contributed by atoms with E-state index in [1.165, 1.54) is 31.2 Å². The quantitative estimate of drug-likeness (QED) is 0.794. The number of rotatable bonds is 4. The molecule has 1 fully saturated rings. The largest absolute Gasteiger partial charge is 0.382 e. The number of nitrogens with one attached hydrogen (secondary N) is 1. The fourth-order valence-corrected chi connectivity index (χ4v) is 3.81. The van der Waals surface area contributed by atoms with Crippen LogP contribution in [0.15, 0.2) is 30.3 Å². The molecule has 0 spiro atoms. The van der Waals surface area contributed by atoms with E-state index < -0.39 is 0 Å². The Morgan fingerprint density at radius 1 is 1.09 bits per heavy atom. The first-order chi connectivity index (χ1) is 11.1. The molecule has 0 saturated heterocycles. The van der Waals surface area contributed by atoms with Gasteiger partial charge < -0.3 is 5.32 Å². The normalized spacial score (nSPS) is 21.2. The van der Waals surface area contributed by atoms with Gasteiger partial charge in [-0.2, -0.15) is 0 Å². The van der Waals surface area contributed by atoms with Crippen LogP contribution < -0.4 is 5.32 Å². The van der Waals surface area contributed by atoms with E-state index in [1.54, 1.807) is 0 Å². The number of anilines is 1. The van der Waals surface area contributed by atoms with Gasteiger partial charge in [0, 0.05) is 12.1 Å². The number of nitrogens with zero attached hydrogens (tertiary/aromatic N) is 2. The van der Waals surface area contributed by atoms with Gasteiger partial charge in [-0.3, -0.25) is 0 Å². The van der Waals surface area contributed by atoms with Gasteiger partial charge in [0.25, 0.3) is 0 Å². The maximum Gasteiger partial charge on any atom is 0.175 e. The zero-order valence-electron chi connectivity index (χ0n) is 13.2. The third-order valence-corrected chi connectivity index (χ3v) is 5.36. The van der Waals surface area contributed by atoms with Crippen LogP contribution >= 0.6 is 23.2 Å². The summed E-state index contributed by atoms with van der Waals surface area (Å²) in [6, 6.07) is 10.8. The summed E-state index contributed by atoms with van der Waals surface area (Å²) in [5.41, 5.74) is 3.13. The highest BCUT2D eigenvalue weighted by Gasteiger charge is 2.23. The molecule has 122 valence electrons. The van der Waals surface area contributed by atoms with Crippen LogP contribution in [0.3, 0.4) is 0 Å². The van der Waals surface area contributed by atoms with Gasteiger partial charge in [0.05, 0.1) is 5.69 Å². The molecule has 0 radical (unpaired) electrons. The molecule has 2 atom stereocenters. The minimum atomic E-state index is 0.391. The summed E-state index contributed by atoms with van der Waals surface area (Å²) < 4.78 is 0. The van der Waals surface area contributed by atoms with E-state index in [2.05, 4.69) is 45.8 Å². The molecule has 1 aliphatic rings. The van der Waals surface area contributed by atoms with E-state index in [1.807, 2.05) is 6.92 Å². The zero-order valence-corrected chi connectivity index (χ0v) is 14.7. The van der Waals surface area contributed by atoms with Crippen molar-refractivity contribution >= 4 is 28.9 Å². The highest BCUT2D eigenvalue weighted by molar-refractivity contribution is 6.34. The molecule has 5 heteroatoms. The fourth-order valence-electron chi connectivity index (χ4n) is 3.43. The molecular formula is C18H21Cl2N3. The lowest BCUT2D eigenvalue weighted by atomic mass is 9.78. The lowest BCUT2D eigenvalue weighted by Gasteiger charge is -2.30. The van der Waals surface area contributed by atoms with Crippen molar-refractivity contribution in [2.75, 3.05) is 11.9 Å². The molecule has 3 rings (SSSR count). The predicted molar refractivity (Wildman–Crippen MR) is 96.4 cm³/mol. The fraction of sp³-hybridized carbons (Fsp3) is 0.444. The molecule has 1 aliphatic carbocycles. The molecule has 23 heavy (non-hydrogen) atoms. The Morgan fingerprint density at radius 3 is 2.61 bits per heavy atom. The maximum atomic E-state index is 6.15. The SMILES string of the molecule is Cc1c(Cl)nnc(Cl)c1NC[C@H]1CCC[C@@H](c2ccccc2)C1. The third kappa shape index (κ3) is 3.96. The number of hydrogen-bond acceptors (Lipinski definition) is 3. The molecule has 1 saturated carbocycles. The van der Waals surface area contributed by atoms with Crippen LogP contribution in [-0.4, -0.2) is 16.7 Å². The number of aromatic nitrogens is 2. The van der Waals surface area contributed by atoms with E-state index in [0.29, 0.717) is 22.1 Å². The van der Waals surface area contributed by atoms with E-state index in [9.17, 15) is 0 Å². The standard InChI is InChI=1S/C18H21Cl2N3/c1-12-16(18(20)23-22-17(12)19)21-11-13-6-5-9-15(10-13)14-7-3-2-4-8-14/h2-4,7-8,13,15H,5-6,9-11H2,1H3,(H,21,22)/t13-,15+/m0/s1. The summed E-state index contributed by atoms with van der Waals surface area (Å²) in [5, 5.41) is 12.0. The van der Waals surface area contributed by atoms with E-state index >= 15 is 0 Å². The van der Waals surface area contributed by atoms with Gasteiger partial charge in [0.15, 0.2) is 10.3 Å². The summed E-state index contributed by atoms with van der Waals surface area (Å²) in [6.45, 7) is 2.81. The highest BCUT2D eigenvalue weighted by Crippen LogP contribution is 2.36. The van der Waals surface area contributed by atoms with Crippen molar-refractivity contribution in [2.45, 2.75) is 38.5 Å². The van der Waals surface area contributed by atoms with Crippen molar-refractivity contribution in [1.82, 2.24) is 10.2 Å². The molecule has 1 heterocycles. The van der Waals surface area contributed by atoms with Crippen molar-refractivity contribution in [3.05, 3.63) is 51.8 Å². The van der Waals surface area contributed by atoms with Crippen LogP contribution in [0, 0.1) is 12.8 Å². The highest BCUT2D eigenvalue weighted by atomic mass is 35.5. The second-order valence-electron chi connectivity index (χ2n) is 6.30. The van der Waals surface area contributed by atoms with Crippen molar-refractivity contribution in [3.63, 3.8) is 0 Å². The monoisotopic (exact) mass is 349 g/mol. The average molecular weight is 350 g/mol. The summed E-state index contributed by atoms with van der Waals surface area (Å²) in [5.74, 6) is 1.30. The smallest absolute Gasteiger partial charge is 0.175 e. The molecule has 0 amide bonds. The van der Waals surface area contributed by atoms with E-state index in [-0.39, 0.29) is 0 Å². The van der Waals surface area contributed by atoms with Crippen molar-refractivity contribution in [1.29, 1.82) is 0 Å². The Hall–Kier alpha value is -1.32. The molecule has 1 aromatic carbocycles. The van der Waals surface area contributed by atoms with E-state index in [0.717, 1.165) is 17.8 Å². The first kappa shape index (κ1) is 16.5. The van der Waals surface area contributed by atoms with Crippen molar-refractivity contribution < 1.29 is 0 Å². The zero-order chi connectivity index (χ0) is 16.2. The van der Waals surface area contributed by atoms with Gasteiger partial charge in [0.2, 0.25) is 0 Å². The molecule has 0 unspecified atom stereocenters. The van der Waals surface area contributed by atoms with Gasteiger partial charge in [0.1, 0.15) is 0 Å². The predicted octanol–water partition coefficient (Wildman–Crippen LogP) is 5.48. The van der Waals surface area contributed by atoms with Crippen LogP contribution in [-0.2, 0) is 0 Å². The maximum absolute atomic E-state index is 6.15. The molecule has 0 bridgehead atoms. The summed E-state index contributed by atoms with van der Waals surface area (Å²) in [4.78, 5) is 0.